The third-order valence-corrected chi connectivity index (χ3v) is 8.62. The highest BCUT2D eigenvalue weighted by atomic mass is 19.2. The van der Waals surface area contributed by atoms with E-state index >= 15 is 8.78 Å². The molecular formula is C33H38F4O2. The van der Waals surface area contributed by atoms with E-state index in [0.717, 1.165) is 44.1 Å². The molecule has 2 aliphatic rings. The van der Waals surface area contributed by atoms with Gasteiger partial charge in [-0.3, -0.25) is 0 Å². The first kappa shape index (κ1) is 29.1. The Morgan fingerprint density at radius 3 is 2.31 bits per heavy atom. The fourth-order valence-corrected chi connectivity index (χ4v) is 6.47. The molecule has 0 bridgehead atoms. The summed E-state index contributed by atoms with van der Waals surface area (Å²) in [5, 5.41) is 0. The Labute approximate surface area is 229 Å². The second-order valence-corrected chi connectivity index (χ2v) is 11.0. The Kier molecular flexibility index (Phi) is 10.0. The van der Waals surface area contributed by atoms with Gasteiger partial charge in [-0.1, -0.05) is 42.9 Å². The Hall–Kier alpha value is -2.89. The summed E-state index contributed by atoms with van der Waals surface area (Å²) < 4.78 is 64.2. The molecule has 4 unspecified atom stereocenters. The van der Waals surface area contributed by atoms with Gasteiger partial charge in [-0.05, 0) is 119 Å². The van der Waals surface area contributed by atoms with Gasteiger partial charge in [0.15, 0.2) is 23.2 Å². The zero-order valence-electron chi connectivity index (χ0n) is 22.8. The molecule has 6 heteroatoms. The van der Waals surface area contributed by atoms with Crippen LogP contribution >= 0.6 is 0 Å². The summed E-state index contributed by atoms with van der Waals surface area (Å²) in [7, 11) is 0. The molecular weight excluding hydrogens is 504 g/mol. The number of rotatable bonds is 9. The molecule has 39 heavy (non-hydrogen) atoms. The topological polar surface area (TPSA) is 26.3 Å². The number of hydrogen-bond donors (Lipinski definition) is 0. The van der Waals surface area contributed by atoms with Crippen molar-refractivity contribution in [2.45, 2.75) is 84.0 Å². The van der Waals surface area contributed by atoms with Crippen molar-refractivity contribution in [3.8, 4) is 5.75 Å². The van der Waals surface area contributed by atoms with Gasteiger partial charge in [0.05, 0.1) is 5.56 Å². The monoisotopic (exact) mass is 542 g/mol. The molecule has 2 nitrogen and oxygen atoms in total. The van der Waals surface area contributed by atoms with Gasteiger partial charge in [0.1, 0.15) is 0 Å². The minimum absolute atomic E-state index is 0.105. The first-order valence-corrected chi connectivity index (χ1v) is 14.2. The van der Waals surface area contributed by atoms with E-state index in [0.29, 0.717) is 18.3 Å². The summed E-state index contributed by atoms with van der Waals surface area (Å²) >= 11 is 0. The zero-order valence-corrected chi connectivity index (χ0v) is 22.8. The van der Waals surface area contributed by atoms with Crippen LogP contribution in [0.5, 0.6) is 5.75 Å². The molecule has 0 aliphatic heterocycles. The van der Waals surface area contributed by atoms with Gasteiger partial charge < -0.3 is 4.74 Å². The lowest BCUT2D eigenvalue weighted by Gasteiger charge is -2.42. The molecule has 0 aromatic heterocycles. The minimum Gasteiger partial charge on any atom is -0.420 e. The lowest BCUT2D eigenvalue weighted by molar-refractivity contribution is 0.0720. The second-order valence-electron chi connectivity index (χ2n) is 11.0. The SMILES string of the molecule is C/C=C/CCc1ccc(OC(=O)c2ccc(C3CCC4CC(CC/C=C/C)CCC4C3)c(F)c2F)c(F)c1F. The van der Waals surface area contributed by atoms with Gasteiger partial charge in [-0.15, -0.1) is 0 Å². The Balaban J connectivity index is 1.41. The molecule has 4 atom stereocenters. The van der Waals surface area contributed by atoms with E-state index in [4.69, 9.17) is 4.74 Å². The molecule has 0 spiro atoms. The molecule has 4 rings (SSSR count). The van der Waals surface area contributed by atoms with Crippen LogP contribution < -0.4 is 4.74 Å². The second kappa shape index (κ2) is 13.5. The Bertz CT molecular complexity index is 1220. The summed E-state index contributed by atoms with van der Waals surface area (Å²) in [6.45, 7) is 3.88. The van der Waals surface area contributed by atoms with E-state index < -0.39 is 40.6 Å². The van der Waals surface area contributed by atoms with Crippen molar-refractivity contribution in [2.75, 3.05) is 0 Å². The van der Waals surface area contributed by atoms with Gasteiger partial charge in [0, 0.05) is 0 Å². The molecule has 2 aromatic carbocycles. The third-order valence-electron chi connectivity index (χ3n) is 8.62. The Morgan fingerprint density at radius 1 is 0.821 bits per heavy atom. The molecule has 2 fully saturated rings. The summed E-state index contributed by atoms with van der Waals surface area (Å²) in [4.78, 5) is 12.6. The zero-order chi connectivity index (χ0) is 27.9. The van der Waals surface area contributed by atoms with Crippen LogP contribution in [-0.2, 0) is 6.42 Å². The first-order valence-electron chi connectivity index (χ1n) is 14.2. The smallest absolute Gasteiger partial charge is 0.346 e. The largest absolute Gasteiger partial charge is 0.420 e. The van der Waals surface area contributed by atoms with E-state index in [2.05, 4.69) is 12.2 Å². The predicted molar refractivity (Wildman–Crippen MR) is 146 cm³/mol. The number of esters is 1. The van der Waals surface area contributed by atoms with Crippen molar-refractivity contribution in [3.05, 3.63) is 88.5 Å². The fourth-order valence-electron chi connectivity index (χ4n) is 6.47. The van der Waals surface area contributed by atoms with E-state index in [1.807, 2.05) is 26.0 Å². The van der Waals surface area contributed by atoms with Gasteiger partial charge in [-0.2, -0.15) is 4.39 Å². The van der Waals surface area contributed by atoms with Crippen molar-refractivity contribution in [1.29, 1.82) is 0 Å². The van der Waals surface area contributed by atoms with Crippen molar-refractivity contribution in [3.63, 3.8) is 0 Å². The number of hydrogen-bond acceptors (Lipinski definition) is 2. The van der Waals surface area contributed by atoms with E-state index in [-0.39, 0.29) is 23.5 Å². The summed E-state index contributed by atoms with van der Waals surface area (Å²) in [6.07, 6.45) is 17.2. The van der Waals surface area contributed by atoms with Crippen LogP contribution in [0, 0.1) is 41.0 Å². The predicted octanol–water partition coefficient (Wildman–Crippen LogP) is 9.63. The van der Waals surface area contributed by atoms with Crippen molar-refractivity contribution in [2.24, 2.45) is 17.8 Å². The van der Waals surface area contributed by atoms with E-state index in [1.54, 1.807) is 0 Å². The summed E-state index contributed by atoms with van der Waals surface area (Å²) in [5.74, 6) is -4.95. The molecule has 0 radical (unpaired) electrons. The molecule has 0 heterocycles. The van der Waals surface area contributed by atoms with Crippen LogP contribution in [0.3, 0.4) is 0 Å². The number of halogens is 4. The van der Waals surface area contributed by atoms with Crippen LogP contribution in [0.2, 0.25) is 0 Å². The third kappa shape index (κ3) is 6.82. The maximum atomic E-state index is 15.2. The number of fused-ring (bicyclic) bond motifs is 1. The van der Waals surface area contributed by atoms with Crippen LogP contribution in [0.25, 0.3) is 0 Å². The van der Waals surface area contributed by atoms with Gasteiger partial charge in [0.2, 0.25) is 5.82 Å². The molecule has 2 saturated carbocycles. The lowest BCUT2D eigenvalue weighted by Crippen LogP contribution is -2.30. The van der Waals surface area contributed by atoms with E-state index in [9.17, 15) is 13.6 Å². The van der Waals surface area contributed by atoms with Crippen molar-refractivity contribution < 1.29 is 27.1 Å². The highest BCUT2D eigenvalue weighted by Gasteiger charge is 2.37. The molecule has 2 aliphatic carbocycles. The van der Waals surface area contributed by atoms with Crippen LogP contribution in [0.15, 0.2) is 48.6 Å². The highest BCUT2D eigenvalue weighted by Crippen LogP contribution is 2.49. The van der Waals surface area contributed by atoms with Gasteiger partial charge in [0.25, 0.3) is 0 Å². The van der Waals surface area contributed by atoms with Crippen LogP contribution in [0.4, 0.5) is 17.6 Å². The number of aryl methyl sites for hydroxylation is 1. The van der Waals surface area contributed by atoms with Crippen LogP contribution in [-0.4, -0.2) is 5.97 Å². The number of carbonyl (C=O) groups excluding carboxylic acids is 1. The van der Waals surface area contributed by atoms with E-state index in [1.165, 1.54) is 37.5 Å². The fraction of sp³-hybridized carbons (Fsp3) is 0.485. The van der Waals surface area contributed by atoms with Gasteiger partial charge >= 0.3 is 5.97 Å². The number of benzene rings is 2. The van der Waals surface area contributed by atoms with Crippen molar-refractivity contribution in [1.82, 2.24) is 0 Å². The molecule has 0 amide bonds. The Morgan fingerprint density at radius 2 is 1.54 bits per heavy atom. The number of carbonyl (C=O) groups is 1. The summed E-state index contributed by atoms with van der Waals surface area (Å²) in [5.41, 5.74) is -0.215. The lowest BCUT2D eigenvalue weighted by atomic mass is 9.63. The molecule has 210 valence electrons. The first-order chi connectivity index (χ1) is 18.8. The quantitative estimate of drug-likeness (QED) is 0.136. The van der Waals surface area contributed by atoms with Crippen LogP contribution in [0.1, 0.15) is 99.0 Å². The minimum atomic E-state index is -1.33. The average Bonchev–Trinajstić information content (AvgIpc) is 2.94. The summed E-state index contributed by atoms with van der Waals surface area (Å²) in [6, 6.07) is 5.11. The average molecular weight is 543 g/mol. The number of ether oxygens (including phenoxy) is 1. The molecule has 0 saturated heterocycles. The highest BCUT2D eigenvalue weighted by molar-refractivity contribution is 5.91. The van der Waals surface area contributed by atoms with Crippen molar-refractivity contribution >= 4 is 5.97 Å². The normalized spacial score (nSPS) is 23.3. The van der Waals surface area contributed by atoms with Gasteiger partial charge in [-0.25, -0.2) is 18.0 Å². The maximum Gasteiger partial charge on any atom is 0.346 e. The standard InChI is InChI=1S/C33H38F4O2/c1-3-5-7-9-21-11-12-24-20-25(14-13-23(24)19-21)26-16-17-27(31(36)30(26)35)33(38)39-28-18-15-22(10-8-6-4-2)29(34)32(28)37/h3-6,15-18,21,23-25H,7-14,19-20H2,1-2H3/b5-3+,6-4+. The molecule has 0 N–H and O–H groups in total. The maximum absolute atomic E-state index is 15.2. The molecule has 2 aromatic rings. The number of allylic oxidation sites excluding steroid dienone is 4.